The molecule has 1 aliphatic rings. The minimum absolute atomic E-state index is 0.0226. The highest BCUT2D eigenvalue weighted by Gasteiger charge is 2.28. The van der Waals surface area contributed by atoms with Crippen LogP contribution in [0.15, 0.2) is 18.3 Å². The molecule has 92 valence electrons. The molecule has 5 nitrogen and oxygen atoms in total. The molecular formula is C12H17N3O2. The average Bonchev–Trinajstić information content (AvgIpc) is 2.80. The number of likely N-dealkylation sites (tertiary alicyclic amines) is 1. The van der Waals surface area contributed by atoms with Gasteiger partial charge in [0.25, 0.3) is 0 Å². The van der Waals surface area contributed by atoms with E-state index in [2.05, 4.69) is 10.3 Å². The second-order valence-corrected chi connectivity index (χ2v) is 4.32. The van der Waals surface area contributed by atoms with E-state index in [4.69, 9.17) is 5.11 Å². The molecule has 17 heavy (non-hydrogen) atoms. The van der Waals surface area contributed by atoms with Crippen LogP contribution in [0.4, 0.5) is 10.6 Å². The molecule has 1 aromatic rings. The largest absolute Gasteiger partial charge is 0.394 e. The first-order chi connectivity index (χ1) is 8.20. The van der Waals surface area contributed by atoms with E-state index in [0.717, 1.165) is 18.4 Å². The first-order valence-electron chi connectivity index (χ1n) is 5.82. The highest BCUT2D eigenvalue weighted by molar-refractivity contribution is 5.88. The van der Waals surface area contributed by atoms with Crippen LogP contribution in [-0.4, -0.2) is 40.2 Å². The van der Waals surface area contributed by atoms with E-state index in [-0.39, 0.29) is 18.7 Å². The maximum absolute atomic E-state index is 11.9. The quantitative estimate of drug-likeness (QED) is 0.813. The van der Waals surface area contributed by atoms with Gasteiger partial charge in [-0.15, -0.1) is 0 Å². The Balaban J connectivity index is 1.99. The van der Waals surface area contributed by atoms with Crippen LogP contribution in [0.2, 0.25) is 0 Å². The topological polar surface area (TPSA) is 65.5 Å². The summed E-state index contributed by atoms with van der Waals surface area (Å²) in [5, 5.41) is 11.9. The van der Waals surface area contributed by atoms with E-state index < -0.39 is 0 Å². The zero-order valence-corrected chi connectivity index (χ0v) is 9.89. The van der Waals surface area contributed by atoms with E-state index in [0.29, 0.717) is 12.4 Å². The van der Waals surface area contributed by atoms with Gasteiger partial charge in [-0.1, -0.05) is 6.07 Å². The first kappa shape index (κ1) is 11.9. The van der Waals surface area contributed by atoms with Crippen LogP contribution in [-0.2, 0) is 0 Å². The number of aliphatic hydroxyl groups is 1. The Hall–Kier alpha value is -1.62. The van der Waals surface area contributed by atoms with Crippen LogP contribution in [0.25, 0.3) is 0 Å². The van der Waals surface area contributed by atoms with Crippen molar-refractivity contribution in [3.05, 3.63) is 23.9 Å². The summed E-state index contributed by atoms with van der Waals surface area (Å²) >= 11 is 0. The van der Waals surface area contributed by atoms with Crippen LogP contribution >= 0.6 is 0 Å². The lowest BCUT2D eigenvalue weighted by Crippen LogP contribution is -2.40. The Morgan fingerprint density at radius 2 is 2.47 bits per heavy atom. The van der Waals surface area contributed by atoms with Crippen molar-refractivity contribution in [3.8, 4) is 0 Å². The molecule has 0 radical (unpaired) electrons. The van der Waals surface area contributed by atoms with Crippen LogP contribution in [0.3, 0.4) is 0 Å². The maximum atomic E-state index is 11.9. The number of aliphatic hydroxyl groups excluding tert-OH is 1. The van der Waals surface area contributed by atoms with Crippen LogP contribution < -0.4 is 5.32 Å². The number of rotatable bonds is 2. The third kappa shape index (κ3) is 2.74. The summed E-state index contributed by atoms with van der Waals surface area (Å²) in [4.78, 5) is 17.7. The lowest BCUT2D eigenvalue weighted by molar-refractivity contribution is 0.166. The summed E-state index contributed by atoms with van der Waals surface area (Å²) in [6.45, 7) is 2.67. The summed E-state index contributed by atoms with van der Waals surface area (Å²) in [5.41, 5.74) is 1.05. The number of urea groups is 1. The van der Waals surface area contributed by atoms with E-state index in [9.17, 15) is 4.79 Å². The Morgan fingerprint density at radius 1 is 1.65 bits per heavy atom. The fraction of sp³-hybridized carbons (Fsp3) is 0.500. The van der Waals surface area contributed by atoms with Gasteiger partial charge >= 0.3 is 6.03 Å². The molecule has 0 spiro atoms. The maximum Gasteiger partial charge on any atom is 0.323 e. The summed E-state index contributed by atoms with van der Waals surface area (Å²) < 4.78 is 0. The van der Waals surface area contributed by atoms with Gasteiger partial charge in [0.15, 0.2) is 0 Å². The van der Waals surface area contributed by atoms with Gasteiger partial charge in [0.1, 0.15) is 5.82 Å². The van der Waals surface area contributed by atoms with Gasteiger partial charge in [-0.3, -0.25) is 5.32 Å². The van der Waals surface area contributed by atoms with Gasteiger partial charge in [-0.05, 0) is 31.4 Å². The van der Waals surface area contributed by atoms with E-state index >= 15 is 0 Å². The number of carbonyl (C=O) groups excluding carboxylic acids is 1. The number of carbonyl (C=O) groups is 1. The Kier molecular flexibility index (Phi) is 3.58. The molecule has 0 bridgehead atoms. The highest BCUT2D eigenvalue weighted by Crippen LogP contribution is 2.17. The van der Waals surface area contributed by atoms with Crippen molar-refractivity contribution in [1.82, 2.24) is 9.88 Å². The van der Waals surface area contributed by atoms with Crippen LogP contribution in [0.1, 0.15) is 18.4 Å². The molecule has 2 N–H and O–H groups in total. The summed E-state index contributed by atoms with van der Waals surface area (Å²) in [5.74, 6) is 0.546. The molecule has 0 aromatic carbocycles. The third-order valence-corrected chi connectivity index (χ3v) is 3.00. The average molecular weight is 235 g/mol. The summed E-state index contributed by atoms with van der Waals surface area (Å²) in [6, 6.07) is 3.44. The van der Waals surface area contributed by atoms with Gasteiger partial charge in [-0.2, -0.15) is 0 Å². The van der Waals surface area contributed by atoms with Crippen molar-refractivity contribution in [1.29, 1.82) is 0 Å². The highest BCUT2D eigenvalue weighted by atomic mass is 16.3. The number of pyridine rings is 1. The van der Waals surface area contributed by atoms with Gasteiger partial charge in [-0.25, -0.2) is 9.78 Å². The van der Waals surface area contributed by atoms with E-state index in [1.54, 1.807) is 17.2 Å². The lowest BCUT2D eigenvalue weighted by atomic mass is 10.2. The molecule has 1 saturated heterocycles. The Labute approximate surface area is 100 Å². The predicted molar refractivity (Wildman–Crippen MR) is 64.8 cm³/mol. The SMILES string of the molecule is Cc1ccc(NC(=O)N2CCC[C@H]2CO)nc1. The van der Waals surface area contributed by atoms with Crippen molar-refractivity contribution < 1.29 is 9.90 Å². The Morgan fingerprint density at radius 3 is 3.12 bits per heavy atom. The zero-order valence-electron chi connectivity index (χ0n) is 9.89. The molecule has 1 aliphatic heterocycles. The molecule has 0 saturated carbocycles. The first-order valence-corrected chi connectivity index (χ1v) is 5.82. The number of nitrogens with zero attached hydrogens (tertiary/aromatic N) is 2. The molecule has 2 rings (SSSR count). The third-order valence-electron chi connectivity index (χ3n) is 3.00. The number of nitrogens with one attached hydrogen (secondary N) is 1. The van der Waals surface area contributed by atoms with Crippen molar-refractivity contribution >= 4 is 11.8 Å². The van der Waals surface area contributed by atoms with Crippen LogP contribution in [0.5, 0.6) is 0 Å². The van der Waals surface area contributed by atoms with Crippen molar-refractivity contribution in [2.75, 3.05) is 18.5 Å². The van der Waals surface area contributed by atoms with E-state index in [1.807, 2.05) is 13.0 Å². The fourth-order valence-corrected chi connectivity index (χ4v) is 2.02. The molecular weight excluding hydrogens is 218 g/mol. The smallest absolute Gasteiger partial charge is 0.323 e. The fourth-order valence-electron chi connectivity index (χ4n) is 2.02. The minimum atomic E-state index is -0.182. The number of hydrogen-bond donors (Lipinski definition) is 2. The monoisotopic (exact) mass is 235 g/mol. The van der Waals surface area contributed by atoms with Crippen LogP contribution in [0, 0.1) is 6.92 Å². The van der Waals surface area contributed by atoms with Gasteiger partial charge < -0.3 is 10.0 Å². The molecule has 5 heteroatoms. The normalized spacial score (nSPS) is 19.4. The molecule has 0 unspecified atom stereocenters. The number of aromatic nitrogens is 1. The second-order valence-electron chi connectivity index (χ2n) is 4.32. The van der Waals surface area contributed by atoms with Crippen molar-refractivity contribution in [2.45, 2.75) is 25.8 Å². The predicted octanol–water partition coefficient (Wildman–Crippen LogP) is 1.38. The van der Waals surface area contributed by atoms with Gasteiger partial charge in [0.2, 0.25) is 0 Å². The molecule has 1 fully saturated rings. The number of anilines is 1. The number of aryl methyl sites for hydroxylation is 1. The van der Waals surface area contributed by atoms with Gasteiger partial charge in [0.05, 0.1) is 12.6 Å². The van der Waals surface area contributed by atoms with Gasteiger partial charge in [0, 0.05) is 12.7 Å². The standard InChI is InChI=1S/C12H17N3O2/c1-9-4-5-11(13-7-9)14-12(17)15-6-2-3-10(15)8-16/h4-5,7,10,16H,2-3,6,8H2,1H3,(H,13,14,17)/t10-/m0/s1. The van der Waals surface area contributed by atoms with Crippen molar-refractivity contribution in [3.63, 3.8) is 0 Å². The molecule has 1 atom stereocenters. The molecule has 2 heterocycles. The number of hydrogen-bond acceptors (Lipinski definition) is 3. The Bertz CT molecular complexity index is 391. The minimum Gasteiger partial charge on any atom is -0.394 e. The summed E-state index contributed by atoms with van der Waals surface area (Å²) in [7, 11) is 0. The molecule has 2 amide bonds. The molecule has 1 aromatic heterocycles. The molecule has 0 aliphatic carbocycles. The second kappa shape index (κ2) is 5.14. The van der Waals surface area contributed by atoms with E-state index in [1.165, 1.54) is 0 Å². The zero-order chi connectivity index (χ0) is 12.3. The lowest BCUT2D eigenvalue weighted by Gasteiger charge is -2.22. The summed E-state index contributed by atoms with van der Waals surface area (Å²) in [6.07, 6.45) is 3.52. The van der Waals surface area contributed by atoms with Crippen molar-refractivity contribution in [2.24, 2.45) is 0 Å². The number of amides is 2.